The summed E-state index contributed by atoms with van der Waals surface area (Å²) in [5, 5.41) is 2.60. The minimum Gasteiger partial charge on any atom is -0.497 e. The van der Waals surface area contributed by atoms with Crippen molar-refractivity contribution in [3.05, 3.63) is 53.6 Å². The fraction of sp³-hybridized carbons (Fsp3) is 0.143. The van der Waals surface area contributed by atoms with Crippen LogP contribution in [0.5, 0.6) is 5.75 Å². The highest BCUT2D eigenvalue weighted by Crippen LogP contribution is 2.17. The Labute approximate surface area is 110 Å². The Balaban J connectivity index is 2.20. The van der Waals surface area contributed by atoms with Gasteiger partial charge in [-0.05, 0) is 30.7 Å². The van der Waals surface area contributed by atoms with Gasteiger partial charge in [0.2, 0.25) is 0 Å². The Morgan fingerprint density at radius 1 is 1.32 bits per heavy atom. The van der Waals surface area contributed by atoms with Crippen LogP contribution in [0.2, 0.25) is 0 Å². The fourth-order valence-electron chi connectivity index (χ4n) is 1.63. The van der Waals surface area contributed by atoms with Gasteiger partial charge < -0.3 is 10.1 Å². The molecular formula is C14H13FN2O2. The van der Waals surface area contributed by atoms with E-state index >= 15 is 0 Å². The average Bonchev–Trinajstić information content (AvgIpc) is 2.38. The van der Waals surface area contributed by atoms with Gasteiger partial charge in [-0.3, -0.25) is 9.78 Å². The average molecular weight is 260 g/mol. The minimum atomic E-state index is -0.627. The summed E-state index contributed by atoms with van der Waals surface area (Å²) in [5.74, 6) is -0.781. The van der Waals surface area contributed by atoms with E-state index in [0.717, 1.165) is 5.56 Å². The standard InChI is InChI=1S/C14H13FN2O2/c1-9-5-10(8-16-7-9)17-14(18)12-4-3-11(19-2)6-13(12)15/h3-8H,1-2H3,(H,17,18). The second-order valence-corrected chi connectivity index (χ2v) is 4.05. The number of ether oxygens (including phenoxy) is 1. The highest BCUT2D eigenvalue weighted by Gasteiger charge is 2.12. The first kappa shape index (κ1) is 13.0. The number of nitrogens with zero attached hydrogens (tertiary/aromatic N) is 1. The summed E-state index contributed by atoms with van der Waals surface area (Å²) < 4.78 is 18.6. The molecule has 19 heavy (non-hydrogen) atoms. The molecule has 0 unspecified atom stereocenters. The number of benzene rings is 1. The van der Waals surface area contributed by atoms with Crippen molar-refractivity contribution < 1.29 is 13.9 Å². The van der Waals surface area contributed by atoms with Crippen LogP contribution in [0, 0.1) is 12.7 Å². The number of aryl methyl sites for hydroxylation is 1. The molecule has 2 aromatic rings. The second kappa shape index (κ2) is 5.48. The van der Waals surface area contributed by atoms with E-state index in [-0.39, 0.29) is 5.56 Å². The van der Waals surface area contributed by atoms with E-state index in [1.165, 1.54) is 31.5 Å². The third kappa shape index (κ3) is 3.07. The molecule has 0 aliphatic carbocycles. The molecule has 2 rings (SSSR count). The monoisotopic (exact) mass is 260 g/mol. The molecule has 98 valence electrons. The fourth-order valence-corrected chi connectivity index (χ4v) is 1.63. The maximum atomic E-state index is 13.7. The number of carbonyl (C=O) groups is 1. The Bertz CT molecular complexity index is 614. The zero-order valence-corrected chi connectivity index (χ0v) is 10.6. The molecule has 0 saturated carbocycles. The topological polar surface area (TPSA) is 51.2 Å². The number of methoxy groups -OCH3 is 1. The van der Waals surface area contributed by atoms with Crippen molar-refractivity contribution >= 4 is 11.6 Å². The first-order valence-electron chi connectivity index (χ1n) is 5.66. The van der Waals surface area contributed by atoms with Crippen molar-refractivity contribution in [3.8, 4) is 5.75 Å². The number of hydrogen-bond acceptors (Lipinski definition) is 3. The molecule has 0 atom stereocenters. The van der Waals surface area contributed by atoms with Gasteiger partial charge >= 0.3 is 0 Å². The van der Waals surface area contributed by atoms with Gasteiger partial charge in [0.25, 0.3) is 5.91 Å². The van der Waals surface area contributed by atoms with Crippen LogP contribution in [-0.2, 0) is 0 Å². The number of nitrogens with one attached hydrogen (secondary N) is 1. The molecule has 1 aromatic heterocycles. The molecular weight excluding hydrogens is 247 g/mol. The summed E-state index contributed by atoms with van der Waals surface area (Å²) in [7, 11) is 1.44. The summed E-state index contributed by atoms with van der Waals surface area (Å²) in [6.07, 6.45) is 3.18. The number of carbonyl (C=O) groups excluding carboxylic acids is 1. The van der Waals surface area contributed by atoms with E-state index in [1.54, 1.807) is 12.3 Å². The molecule has 1 aromatic carbocycles. The zero-order valence-electron chi connectivity index (χ0n) is 10.6. The molecule has 0 spiro atoms. The second-order valence-electron chi connectivity index (χ2n) is 4.05. The molecule has 0 aliphatic rings. The normalized spacial score (nSPS) is 10.1. The van der Waals surface area contributed by atoms with Crippen molar-refractivity contribution in [1.82, 2.24) is 4.98 Å². The van der Waals surface area contributed by atoms with Crippen LogP contribution in [0.25, 0.3) is 0 Å². The number of rotatable bonds is 3. The van der Waals surface area contributed by atoms with Crippen molar-refractivity contribution in [2.45, 2.75) is 6.92 Å². The first-order valence-corrected chi connectivity index (χ1v) is 5.66. The Hall–Kier alpha value is -2.43. The first-order chi connectivity index (χ1) is 9.10. The molecule has 1 amide bonds. The third-order valence-corrected chi connectivity index (χ3v) is 2.55. The molecule has 0 aliphatic heterocycles. The van der Waals surface area contributed by atoms with E-state index in [0.29, 0.717) is 11.4 Å². The summed E-state index contributed by atoms with van der Waals surface area (Å²) >= 11 is 0. The van der Waals surface area contributed by atoms with Crippen molar-refractivity contribution in [2.75, 3.05) is 12.4 Å². The van der Waals surface area contributed by atoms with Gasteiger partial charge in [-0.2, -0.15) is 0 Å². The van der Waals surface area contributed by atoms with E-state index in [2.05, 4.69) is 10.3 Å². The third-order valence-electron chi connectivity index (χ3n) is 2.55. The number of hydrogen-bond donors (Lipinski definition) is 1. The summed E-state index contributed by atoms with van der Waals surface area (Å²) in [6, 6.07) is 5.84. The SMILES string of the molecule is COc1ccc(C(=O)Nc2cncc(C)c2)c(F)c1. The van der Waals surface area contributed by atoms with E-state index < -0.39 is 11.7 Å². The molecule has 5 heteroatoms. The molecule has 4 nitrogen and oxygen atoms in total. The smallest absolute Gasteiger partial charge is 0.258 e. The van der Waals surface area contributed by atoms with Gasteiger partial charge in [0.1, 0.15) is 11.6 Å². The Morgan fingerprint density at radius 3 is 2.74 bits per heavy atom. The Morgan fingerprint density at radius 2 is 2.11 bits per heavy atom. The van der Waals surface area contributed by atoms with Crippen molar-refractivity contribution in [2.24, 2.45) is 0 Å². The number of halogens is 1. The van der Waals surface area contributed by atoms with Crippen molar-refractivity contribution in [1.29, 1.82) is 0 Å². The highest BCUT2D eigenvalue weighted by atomic mass is 19.1. The molecule has 1 N–H and O–H groups in total. The molecule has 0 fully saturated rings. The molecule has 0 saturated heterocycles. The lowest BCUT2D eigenvalue weighted by Crippen LogP contribution is -2.14. The van der Waals surface area contributed by atoms with Crippen LogP contribution in [0.15, 0.2) is 36.7 Å². The number of amides is 1. The number of pyridine rings is 1. The van der Waals surface area contributed by atoms with Crippen molar-refractivity contribution in [3.63, 3.8) is 0 Å². The number of anilines is 1. The molecule has 1 heterocycles. The van der Waals surface area contributed by atoms with Gasteiger partial charge in [0.05, 0.1) is 24.6 Å². The summed E-state index contributed by atoms with van der Waals surface area (Å²) in [4.78, 5) is 15.9. The largest absolute Gasteiger partial charge is 0.497 e. The van der Waals surface area contributed by atoms with Gasteiger partial charge in [-0.25, -0.2) is 4.39 Å². The predicted molar refractivity (Wildman–Crippen MR) is 69.9 cm³/mol. The van der Waals surface area contributed by atoms with Crippen LogP contribution < -0.4 is 10.1 Å². The van der Waals surface area contributed by atoms with Gasteiger partial charge in [-0.1, -0.05) is 0 Å². The summed E-state index contributed by atoms with van der Waals surface area (Å²) in [5.41, 5.74) is 1.40. The summed E-state index contributed by atoms with van der Waals surface area (Å²) in [6.45, 7) is 1.86. The lowest BCUT2D eigenvalue weighted by molar-refractivity contribution is 0.102. The van der Waals surface area contributed by atoms with Gasteiger partial charge in [-0.15, -0.1) is 0 Å². The molecule has 0 radical (unpaired) electrons. The van der Waals surface area contributed by atoms with Crippen LogP contribution in [0.3, 0.4) is 0 Å². The van der Waals surface area contributed by atoms with Crippen LogP contribution >= 0.6 is 0 Å². The minimum absolute atomic E-state index is 0.0395. The van der Waals surface area contributed by atoms with Crippen LogP contribution in [-0.4, -0.2) is 18.0 Å². The van der Waals surface area contributed by atoms with Crippen LogP contribution in [0.1, 0.15) is 15.9 Å². The maximum absolute atomic E-state index is 13.7. The zero-order chi connectivity index (χ0) is 13.8. The lowest BCUT2D eigenvalue weighted by Gasteiger charge is -2.07. The predicted octanol–water partition coefficient (Wildman–Crippen LogP) is 2.79. The van der Waals surface area contributed by atoms with Gasteiger partial charge in [0, 0.05) is 12.3 Å². The van der Waals surface area contributed by atoms with E-state index in [4.69, 9.17) is 4.74 Å². The quantitative estimate of drug-likeness (QED) is 0.923. The van der Waals surface area contributed by atoms with Gasteiger partial charge in [0.15, 0.2) is 0 Å². The lowest BCUT2D eigenvalue weighted by atomic mass is 10.2. The maximum Gasteiger partial charge on any atom is 0.258 e. The molecule has 0 bridgehead atoms. The van der Waals surface area contributed by atoms with E-state index in [1.807, 2.05) is 6.92 Å². The Kier molecular flexibility index (Phi) is 3.75. The number of aromatic nitrogens is 1. The van der Waals surface area contributed by atoms with Crippen LogP contribution in [0.4, 0.5) is 10.1 Å². The highest BCUT2D eigenvalue weighted by molar-refractivity contribution is 6.04. The van der Waals surface area contributed by atoms with E-state index in [9.17, 15) is 9.18 Å².